The number of rotatable bonds is 4. The molecule has 2 aromatic carbocycles. The minimum absolute atomic E-state index is 0.531. The van der Waals surface area contributed by atoms with Crippen molar-refractivity contribution in [2.24, 2.45) is 0 Å². The molecule has 0 aliphatic heterocycles. The lowest BCUT2D eigenvalue weighted by atomic mass is 10.1. The molecule has 2 heterocycles. The maximum absolute atomic E-state index is 5.44. The van der Waals surface area contributed by atoms with E-state index in [4.69, 9.17) is 19.2 Å². The lowest BCUT2D eigenvalue weighted by Crippen LogP contribution is -1.96. The number of hydrogen-bond donors (Lipinski definition) is 1. The van der Waals surface area contributed by atoms with Crippen LogP contribution in [0.2, 0.25) is 0 Å². The van der Waals surface area contributed by atoms with E-state index < -0.39 is 0 Å². The molecule has 2 aromatic heterocycles. The Labute approximate surface area is 168 Å². The molecule has 0 saturated carbocycles. The first-order valence-corrected chi connectivity index (χ1v) is 8.95. The van der Waals surface area contributed by atoms with Gasteiger partial charge in [0, 0.05) is 17.3 Å². The smallest absolute Gasteiger partial charge is 0.203 e. The summed E-state index contributed by atoms with van der Waals surface area (Å²) in [7, 11) is 4.74. The third-order valence-corrected chi connectivity index (χ3v) is 4.46. The molecule has 0 saturated heterocycles. The highest BCUT2D eigenvalue weighted by molar-refractivity contribution is 5.82. The van der Waals surface area contributed by atoms with Crippen molar-refractivity contribution in [1.82, 2.24) is 15.0 Å². The van der Waals surface area contributed by atoms with Gasteiger partial charge in [-0.3, -0.25) is 0 Å². The van der Waals surface area contributed by atoms with Crippen molar-refractivity contribution in [3.63, 3.8) is 0 Å². The summed E-state index contributed by atoms with van der Waals surface area (Å²) in [6.07, 6.45) is 3.52. The lowest BCUT2D eigenvalue weighted by Gasteiger charge is -2.13. The van der Waals surface area contributed by atoms with E-state index in [2.05, 4.69) is 21.8 Å². The molecule has 4 rings (SSSR count). The fraction of sp³-hybridized carbons (Fsp3) is 0.130. The van der Waals surface area contributed by atoms with Gasteiger partial charge in [-0.25, -0.2) is 9.97 Å². The quantitative estimate of drug-likeness (QED) is 0.537. The number of hydrogen-bond acceptors (Lipinski definition) is 5. The Hall–Kier alpha value is -3.98. The van der Waals surface area contributed by atoms with Gasteiger partial charge in [0.2, 0.25) is 5.75 Å². The third kappa shape index (κ3) is 3.58. The van der Waals surface area contributed by atoms with Crippen molar-refractivity contribution in [2.75, 3.05) is 21.3 Å². The molecule has 0 fully saturated rings. The predicted octanol–water partition coefficient (Wildman–Crippen LogP) is 4.05. The van der Waals surface area contributed by atoms with E-state index in [0.29, 0.717) is 34.1 Å². The fourth-order valence-corrected chi connectivity index (χ4v) is 3.02. The molecule has 0 radical (unpaired) electrons. The van der Waals surface area contributed by atoms with Gasteiger partial charge in [0.15, 0.2) is 17.1 Å². The zero-order chi connectivity index (χ0) is 20.2. The SMILES string of the molecule is COc1cc(-c2cnc3[nH]cc(C#Cc4ccccc4)c3n2)cc(OC)c1OC. The summed E-state index contributed by atoms with van der Waals surface area (Å²) in [5.74, 6) is 7.97. The highest BCUT2D eigenvalue weighted by Crippen LogP contribution is 2.40. The van der Waals surface area contributed by atoms with Crippen molar-refractivity contribution in [1.29, 1.82) is 0 Å². The Balaban J connectivity index is 1.79. The normalized spacial score (nSPS) is 10.3. The number of benzene rings is 2. The van der Waals surface area contributed by atoms with Crippen LogP contribution in [0.1, 0.15) is 11.1 Å². The Morgan fingerprint density at radius 2 is 1.62 bits per heavy atom. The molecule has 4 aromatic rings. The largest absolute Gasteiger partial charge is 0.493 e. The van der Waals surface area contributed by atoms with E-state index in [1.54, 1.807) is 27.5 Å². The van der Waals surface area contributed by atoms with Gasteiger partial charge in [0.05, 0.1) is 38.8 Å². The molecule has 0 aliphatic carbocycles. The second kappa shape index (κ2) is 7.95. The Morgan fingerprint density at radius 3 is 2.28 bits per heavy atom. The zero-order valence-electron chi connectivity index (χ0n) is 16.3. The average Bonchev–Trinajstić information content (AvgIpc) is 3.19. The molecule has 6 nitrogen and oxygen atoms in total. The first-order valence-electron chi connectivity index (χ1n) is 8.95. The van der Waals surface area contributed by atoms with Crippen LogP contribution >= 0.6 is 0 Å². The lowest BCUT2D eigenvalue weighted by molar-refractivity contribution is 0.324. The maximum Gasteiger partial charge on any atom is 0.203 e. The van der Waals surface area contributed by atoms with Crippen LogP contribution in [0.5, 0.6) is 17.2 Å². The summed E-state index contributed by atoms with van der Waals surface area (Å²) >= 11 is 0. The first kappa shape index (κ1) is 18.4. The van der Waals surface area contributed by atoms with Gasteiger partial charge in [-0.05, 0) is 24.3 Å². The van der Waals surface area contributed by atoms with Crippen LogP contribution in [0.3, 0.4) is 0 Å². The molecule has 0 unspecified atom stereocenters. The Bertz CT molecular complexity index is 1200. The molecule has 0 amide bonds. The van der Waals surface area contributed by atoms with Crippen LogP contribution in [0.4, 0.5) is 0 Å². The molecule has 0 bridgehead atoms. The standard InChI is InChI=1S/C23H19N3O3/c1-27-19-11-17(12-20(28-2)22(19)29-3)18-14-25-23-21(26-18)16(13-24-23)10-9-15-7-5-4-6-8-15/h4-8,11-14H,1-3H3,(H,24,25). The molecule has 0 spiro atoms. The average molecular weight is 385 g/mol. The first-order chi connectivity index (χ1) is 14.2. The van der Waals surface area contributed by atoms with Crippen LogP contribution in [0, 0.1) is 11.8 Å². The minimum atomic E-state index is 0.531. The Morgan fingerprint density at radius 1 is 0.897 bits per heavy atom. The van der Waals surface area contributed by atoms with Gasteiger partial charge < -0.3 is 19.2 Å². The summed E-state index contributed by atoms with van der Waals surface area (Å²) in [5.41, 5.74) is 4.59. The van der Waals surface area contributed by atoms with E-state index >= 15 is 0 Å². The van der Waals surface area contributed by atoms with Crippen molar-refractivity contribution in [2.45, 2.75) is 0 Å². The summed E-state index contributed by atoms with van der Waals surface area (Å²) < 4.78 is 16.3. The van der Waals surface area contributed by atoms with Crippen molar-refractivity contribution >= 4 is 11.2 Å². The summed E-state index contributed by atoms with van der Waals surface area (Å²) in [5, 5.41) is 0. The van der Waals surface area contributed by atoms with E-state index in [9.17, 15) is 0 Å². The second-order valence-electron chi connectivity index (χ2n) is 6.18. The number of aromatic amines is 1. The molecule has 6 heteroatoms. The number of nitrogens with zero attached hydrogens (tertiary/aromatic N) is 2. The summed E-state index contributed by atoms with van der Waals surface area (Å²) in [6, 6.07) is 13.5. The van der Waals surface area contributed by atoms with Crippen molar-refractivity contribution < 1.29 is 14.2 Å². The van der Waals surface area contributed by atoms with Crippen LogP contribution in [0.25, 0.3) is 22.4 Å². The van der Waals surface area contributed by atoms with E-state index in [-0.39, 0.29) is 0 Å². The highest BCUT2D eigenvalue weighted by atomic mass is 16.5. The number of methoxy groups -OCH3 is 3. The van der Waals surface area contributed by atoms with Crippen molar-refractivity contribution in [3.05, 3.63) is 66.0 Å². The fourth-order valence-electron chi connectivity index (χ4n) is 3.02. The number of ether oxygens (including phenoxy) is 3. The molecule has 144 valence electrons. The predicted molar refractivity (Wildman–Crippen MR) is 111 cm³/mol. The van der Waals surface area contributed by atoms with E-state index in [1.165, 1.54) is 0 Å². The van der Waals surface area contributed by atoms with E-state index in [1.807, 2.05) is 48.7 Å². The highest BCUT2D eigenvalue weighted by Gasteiger charge is 2.16. The van der Waals surface area contributed by atoms with Gasteiger partial charge in [0.1, 0.15) is 5.52 Å². The molecular weight excluding hydrogens is 366 g/mol. The Kier molecular flexibility index (Phi) is 5.04. The third-order valence-electron chi connectivity index (χ3n) is 4.46. The van der Waals surface area contributed by atoms with Gasteiger partial charge in [-0.2, -0.15) is 0 Å². The van der Waals surface area contributed by atoms with Gasteiger partial charge in [-0.1, -0.05) is 30.0 Å². The van der Waals surface area contributed by atoms with Crippen molar-refractivity contribution in [3.8, 4) is 40.3 Å². The van der Waals surface area contributed by atoms with Gasteiger partial charge in [0.25, 0.3) is 0 Å². The molecular formula is C23H19N3O3. The topological polar surface area (TPSA) is 69.3 Å². The van der Waals surface area contributed by atoms with Crippen LogP contribution in [-0.4, -0.2) is 36.3 Å². The molecule has 29 heavy (non-hydrogen) atoms. The van der Waals surface area contributed by atoms with Crippen LogP contribution in [0.15, 0.2) is 54.9 Å². The van der Waals surface area contributed by atoms with E-state index in [0.717, 1.165) is 16.7 Å². The second-order valence-corrected chi connectivity index (χ2v) is 6.18. The maximum atomic E-state index is 5.44. The number of H-pyrrole nitrogens is 1. The monoisotopic (exact) mass is 385 g/mol. The van der Waals surface area contributed by atoms with Crippen LogP contribution in [-0.2, 0) is 0 Å². The molecule has 0 atom stereocenters. The minimum Gasteiger partial charge on any atom is -0.493 e. The van der Waals surface area contributed by atoms with Gasteiger partial charge >= 0.3 is 0 Å². The molecule has 0 aliphatic rings. The summed E-state index contributed by atoms with van der Waals surface area (Å²) in [4.78, 5) is 12.4. The zero-order valence-corrected chi connectivity index (χ0v) is 16.3. The number of nitrogens with one attached hydrogen (secondary N) is 1. The van der Waals surface area contributed by atoms with Gasteiger partial charge in [-0.15, -0.1) is 0 Å². The number of fused-ring (bicyclic) bond motifs is 1. The van der Waals surface area contributed by atoms with Crippen LogP contribution < -0.4 is 14.2 Å². The summed E-state index contributed by atoms with van der Waals surface area (Å²) in [6.45, 7) is 0. The molecule has 1 N–H and O–H groups in total. The number of aromatic nitrogens is 3.